The number of anilines is 2. The van der Waals surface area contributed by atoms with Gasteiger partial charge in [0.25, 0.3) is 0 Å². The van der Waals surface area contributed by atoms with Crippen LogP contribution in [-0.4, -0.2) is 27.7 Å². The number of hydrogen-bond acceptors (Lipinski definition) is 5. The molecule has 0 unspecified atom stereocenters. The maximum absolute atomic E-state index is 12.3. The maximum atomic E-state index is 12.3. The predicted molar refractivity (Wildman–Crippen MR) is 88.4 cm³/mol. The van der Waals surface area contributed by atoms with Gasteiger partial charge in [0.15, 0.2) is 0 Å². The zero-order chi connectivity index (χ0) is 14.9. The molecule has 0 saturated heterocycles. The third-order valence-corrected chi connectivity index (χ3v) is 4.42. The minimum absolute atomic E-state index is 0.0304. The van der Waals surface area contributed by atoms with Crippen LogP contribution in [0.2, 0.25) is 0 Å². The number of para-hydroxylation sites is 1. The molecule has 1 N–H and O–H groups in total. The van der Waals surface area contributed by atoms with E-state index in [9.17, 15) is 4.79 Å². The fraction of sp³-hybridized carbons (Fsp3) is 0.188. The largest absolute Gasteiger partial charge is 0.362 e. The number of aromatic nitrogens is 2. The summed E-state index contributed by atoms with van der Waals surface area (Å²) in [5.41, 5.74) is 4.76. The molecule has 0 saturated carbocycles. The van der Waals surface area contributed by atoms with Gasteiger partial charge in [0.2, 0.25) is 5.91 Å². The zero-order valence-corrected chi connectivity index (χ0v) is 12.6. The number of rotatable bonds is 3. The first kappa shape index (κ1) is 13.2. The number of fused-ring (bicyclic) bond motifs is 2. The van der Waals surface area contributed by atoms with E-state index < -0.39 is 0 Å². The second-order valence-electron chi connectivity index (χ2n) is 5.29. The normalized spacial score (nSPS) is 13.4. The van der Waals surface area contributed by atoms with E-state index >= 15 is 0 Å². The summed E-state index contributed by atoms with van der Waals surface area (Å²) in [7, 11) is 0. The Bertz CT molecular complexity index is 845. The van der Waals surface area contributed by atoms with Gasteiger partial charge in [0.05, 0.1) is 24.0 Å². The topological polar surface area (TPSA) is 58.1 Å². The number of nitrogens with one attached hydrogen (secondary N) is 1. The van der Waals surface area contributed by atoms with Gasteiger partial charge in [-0.3, -0.25) is 4.79 Å². The molecular weight excluding hydrogens is 296 g/mol. The fourth-order valence-electron chi connectivity index (χ4n) is 2.84. The maximum Gasteiger partial charge on any atom is 0.243 e. The van der Waals surface area contributed by atoms with Crippen LogP contribution in [0.4, 0.5) is 11.4 Å². The van der Waals surface area contributed by atoms with Crippen molar-refractivity contribution in [3.05, 3.63) is 48.0 Å². The summed E-state index contributed by atoms with van der Waals surface area (Å²) < 4.78 is 8.43. The number of carbonyl (C=O) groups excluding carboxylic acids is 1. The van der Waals surface area contributed by atoms with E-state index in [1.54, 1.807) is 0 Å². The van der Waals surface area contributed by atoms with Crippen molar-refractivity contribution in [3.8, 4) is 0 Å². The molecule has 1 aliphatic rings. The molecule has 110 valence electrons. The Kier molecular flexibility index (Phi) is 3.23. The highest BCUT2D eigenvalue weighted by molar-refractivity contribution is 7.00. The van der Waals surface area contributed by atoms with Crippen molar-refractivity contribution in [2.45, 2.75) is 6.42 Å². The van der Waals surface area contributed by atoms with Crippen molar-refractivity contribution in [3.63, 3.8) is 0 Å². The van der Waals surface area contributed by atoms with E-state index in [4.69, 9.17) is 0 Å². The molecule has 1 aromatic heterocycles. The van der Waals surface area contributed by atoms with Crippen molar-refractivity contribution in [1.82, 2.24) is 8.75 Å². The summed E-state index contributed by atoms with van der Waals surface area (Å²) in [6, 6.07) is 13.9. The average Bonchev–Trinajstić information content (AvgIpc) is 3.15. The molecule has 0 spiro atoms. The molecule has 4 rings (SSSR count). The minimum Gasteiger partial charge on any atom is -0.362 e. The Morgan fingerprint density at radius 2 is 2.09 bits per heavy atom. The van der Waals surface area contributed by atoms with E-state index in [1.807, 2.05) is 30.3 Å². The minimum atomic E-state index is -0.0304. The molecule has 0 atom stereocenters. The van der Waals surface area contributed by atoms with Crippen LogP contribution in [0.5, 0.6) is 0 Å². The molecule has 22 heavy (non-hydrogen) atoms. The van der Waals surface area contributed by atoms with Crippen LogP contribution in [-0.2, 0) is 11.2 Å². The zero-order valence-electron chi connectivity index (χ0n) is 11.8. The summed E-state index contributed by atoms with van der Waals surface area (Å²) in [4.78, 5) is 14.5. The Balaban J connectivity index is 1.51. The van der Waals surface area contributed by atoms with Gasteiger partial charge in [-0.15, -0.1) is 0 Å². The van der Waals surface area contributed by atoms with Gasteiger partial charge in [-0.1, -0.05) is 24.3 Å². The van der Waals surface area contributed by atoms with Gasteiger partial charge in [-0.25, -0.2) is 0 Å². The summed E-state index contributed by atoms with van der Waals surface area (Å²) in [5, 5.41) is 2.95. The lowest BCUT2D eigenvalue weighted by Gasteiger charge is -2.18. The number of nitrogens with zero attached hydrogens (tertiary/aromatic N) is 3. The third kappa shape index (κ3) is 2.31. The van der Waals surface area contributed by atoms with Crippen LogP contribution >= 0.6 is 11.7 Å². The molecule has 0 radical (unpaired) electrons. The lowest BCUT2D eigenvalue weighted by molar-refractivity contribution is -0.114. The molecule has 3 aromatic rings. The highest BCUT2D eigenvalue weighted by Gasteiger charge is 2.20. The van der Waals surface area contributed by atoms with Crippen molar-refractivity contribution < 1.29 is 4.79 Å². The van der Waals surface area contributed by atoms with Gasteiger partial charge >= 0.3 is 0 Å². The lowest BCUT2D eigenvalue weighted by Crippen LogP contribution is -2.31. The molecule has 1 amide bonds. The van der Waals surface area contributed by atoms with Crippen LogP contribution in [0.1, 0.15) is 5.56 Å². The number of hydrogen-bond donors (Lipinski definition) is 1. The summed E-state index contributed by atoms with van der Waals surface area (Å²) >= 11 is 1.16. The second kappa shape index (κ2) is 5.38. The number of benzene rings is 2. The molecule has 1 aliphatic heterocycles. The van der Waals surface area contributed by atoms with Crippen LogP contribution < -0.4 is 10.2 Å². The standard InChI is InChI=1S/C16H14N4OS/c21-15(10-20-9-8-11-4-1-2-7-14(11)20)17-12-5-3-6-13-16(12)19-22-18-13/h1-7H,8-10H2,(H,17,21). The number of amides is 1. The highest BCUT2D eigenvalue weighted by atomic mass is 32.1. The molecule has 0 fully saturated rings. The van der Waals surface area contributed by atoms with E-state index in [-0.39, 0.29) is 5.91 Å². The fourth-order valence-corrected chi connectivity index (χ4v) is 3.39. The molecule has 6 heteroatoms. The Morgan fingerprint density at radius 1 is 1.18 bits per heavy atom. The first-order valence-electron chi connectivity index (χ1n) is 7.15. The van der Waals surface area contributed by atoms with Crippen LogP contribution in [0, 0.1) is 0 Å². The van der Waals surface area contributed by atoms with E-state index in [1.165, 1.54) is 5.56 Å². The summed E-state index contributed by atoms with van der Waals surface area (Å²) in [5.74, 6) is -0.0304. The third-order valence-electron chi connectivity index (χ3n) is 3.88. The average molecular weight is 310 g/mol. The summed E-state index contributed by atoms with van der Waals surface area (Å²) in [6.07, 6.45) is 0.995. The van der Waals surface area contributed by atoms with E-state index in [0.717, 1.165) is 47.1 Å². The van der Waals surface area contributed by atoms with E-state index in [2.05, 4.69) is 31.1 Å². The number of carbonyl (C=O) groups is 1. The molecule has 0 bridgehead atoms. The first-order chi connectivity index (χ1) is 10.8. The van der Waals surface area contributed by atoms with Crippen molar-refractivity contribution in [1.29, 1.82) is 0 Å². The first-order valence-corrected chi connectivity index (χ1v) is 7.88. The highest BCUT2D eigenvalue weighted by Crippen LogP contribution is 2.27. The van der Waals surface area contributed by atoms with Gasteiger partial charge in [-0.2, -0.15) is 8.75 Å². The van der Waals surface area contributed by atoms with Crippen molar-refractivity contribution in [2.24, 2.45) is 0 Å². The van der Waals surface area contributed by atoms with Crippen molar-refractivity contribution >= 4 is 40.0 Å². The molecule has 0 aliphatic carbocycles. The quantitative estimate of drug-likeness (QED) is 0.808. The Morgan fingerprint density at radius 3 is 3.05 bits per heavy atom. The second-order valence-corrected chi connectivity index (χ2v) is 5.81. The monoisotopic (exact) mass is 310 g/mol. The molecule has 5 nitrogen and oxygen atoms in total. The van der Waals surface area contributed by atoms with Gasteiger partial charge in [-0.05, 0) is 30.2 Å². The van der Waals surface area contributed by atoms with Crippen LogP contribution in [0.15, 0.2) is 42.5 Å². The molecular formula is C16H14N4OS. The van der Waals surface area contributed by atoms with Gasteiger partial charge < -0.3 is 10.2 Å². The predicted octanol–water partition coefficient (Wildman–Crippen LogP) is 2.69. The smallest absolute Gasteiger partial charge is 0.243 e. The molecule has 2 heterocycles. The van der Waals surface area contributed by atoms with Gasteiger partial charge in [0, 0.05) is 12.2 Å². The lowest BCUT2D eigenvalue weighted by atomic mass is 10.2. The van der Waals surface area contributed by atoms with Crippen LogP contribution in [0.3, 0.4) is 0 Å². The summed E-state index contributed by atoms with van der Waals surface area (Å²) in [6.45, 7) is 1.24. The molecule has 2 aromatic carbocycles. The Hall–Kier alpha value is -2.47. The van der Waals surface area contributed by atoms with E-state index in [0.29, 0.717) is 6.54 Å². The Labute approximate surface area is 131 Å². The van der Waals surface area contributed by atoms with Gasteiger partial charge in [0.1, 0.15) is 11.0 Å². The van der Waals surface area contributed by atoms with Crippen LogP contribution in [0.25, 0.3) is 11.0 Å². The van der Waals surface area contributed by atoms with Crippen molar-refractivity contribution in [2.75, 3.05) is 23.3 Å². The SMILES string of the molecule is O=C(CN1CCc2ccccc21)Nc1cccc2nsnc12.